The molecule has 2 atom stereocenters. The van der Waals surface area contributed by atoms with Crippen molar-refractivity contribution < 1.29 is 4.79 Å². The van der Waals surface area contributed by atoms with E-state index in [1.54, 1.807) is 11.3 Å². The Balaban J connectivity index is 1.45. The van der Waals surface area contributed by atoms with Gasteiger partial charge in [-0.2, -0.15) is 0 Å². The second-order valence-corrected chi connectivity index (χ2v) is 8.08. The zero-order valence-electron chi connectivity index (χ0n) is 16.3. The predicted octanol–water partition coefficient (Wildman–Crippen LogP) is 5.46. The number of benzene rings is 3. The van der Waals surface area contributed by atoms with Gasteiger partial charge in [0, 0.05) is 4.88 Å². The Hall–Kier alpha value is -2.95. The molecule has 4 rings (SSSR count). The van der Waals surface area contributed by atoms with Crippen LogP contribution in [0.5, 0.6) is 0 Å². The van der Waals surface area contributed by atoms with Gasteiger partial charge >= 0.3 is 0 Å². The van der Waals surface area contributed by atoms with Crippen LogP contribution >= 0.6 is 11.3 Å². The lowest BCUT2D eigenvalue weighted by atomic mass is 10.00. The van der Waals surface area contributed by atoms with E-state index in [1.165, 1.54) is 15.6 Å². The third kappa shape index (κ3) is 4.56. The third-order valence-corrected chi connectivity index (χ3v) is 6.03. The number of amides is 1. The van der Waals surface area contributed by atoms with Crippen molar-refractivity contribution in [2.75, 3.05) is 6.54 Å². The fraction of sp³-hybridized carbons (Fsp3) is 0.160. The molecule has 0 bridgehead atoms. The molecule has 3 nitrogen and oxygen atoms in total. The molecular weight excluding hydrogens is 376 g/mol. The average molecular weight is 401 g/mol. The monoisotopic (exact) mass is 400 g/mol. The highest BCUT2D eigenvalue weighted by atomic mass is 32.1. The van der Waals surface area contributed by atoms with Crippen LogP contribution in [0.4, 0.5) is 0 Å². The second-order valence-electron chi connectivity index (χ2n) is 7.10. The van der Waals surface area contributed by atoms with Gasteiger partial charge in [-0.3, -0.25) is 10.1 Å². The van der Waals surface area contributed by atoms with Crippen LogP contribution < -0.4 is 10.6 Å². The summed E-state index contributed by atoms with van der Waals surface area (Å²) in [6, 6.07) is 28.8. The zero-order chi connectivity index (χ0) is 20.1. The smallest absolute Gasteiger partial charge is 0.234 e. The zero-order valence-corrected chi connectivity index (χ0v) is 17.2. The number of carbonyl (C=O) groups is 1. The van der Waals surface area contributed by atoms with E-state index < -0.39 is 0 Å². The lowest BCUT2D eigenvalue weighted by Crippen LogP contribution is -2.37. The van der Waals surface area contributed by atoms with E-state index >= 15 is 0 Å². The highest BCUT2D eigenvalue weighted by Gasteiger charge is 2.17. The van der Waals surface area contributed by atoms with Gasteiger partial charge in [0.15, 0.2) is 0 Å². The Labute approximate surface area is 175 Å². The minimum absolute atomic E-state index is 0.00908. The standard InChI is InChI=1S/C25H24N2OS/c1-18(21-14-7-12-19-9-5-6-13-22(19)21)27-24(28)17-26-25(23-15-8-16-29-23)20-10-3-2-4-11-20/h2-16,18,25-26H,17H2,1H3,(H,27,28)/t18-,25-/m1/s1. The first-order valence-electron chi connectivity index (χ1n) is 9.81. The van der Waals surface area contributed by atoms with E-state index in [4.69, 9.17) is 0 Å². The molecule has 1 heterocycles. The summed E-state index contributed by atoms with van der Waals surface area (Å²) in [7, 11) is 0. The first-order valence-corrected chi connectivity index (χ1v) is 10.7. The van der Waals surface area contributed by atoms with E-state index in [9.17, 15) is 4.79 Å². The third-order valence-electron chi connectivity index (χ3n) is 5.09. The summed E-state index contributed by atoms with van der Waals surface area (Å²) in [6.07, 6.45) is 0. The van der Waals surface area contributed by atoms with Crippen molar-refractivity contribution in [3.8, 4) is 0 Å². The molecule has 0 saturated carbocycles. The minimum Gasteiger partial charge on any atom is -0.348 e. The molecule has 0 aliphatic carbocycles. The first kappa shape index (κ1) is 19.4. The van der Waals surface area contributed by atoms with Crippen molar-refractivity contribution >= 4 is 28.0 Å². The number of nitrogens with one attached hydrogen (secondary N) is 2. The molecule has 1 aromatic heterocycles. The predicted molar refractivity (Wildman–Crippen MR) is 121 cm³/mol. The normalized spacial score (nSPS) is 13.1. The Bertz CT molecular complexity index is 1070. The fourth-order valence-electron chi connectivity index (χ4n) is 3.68. The molecule has 3 aromatic carbocycles. The van der Waals surface area contributed by atoms with Crippen molar-refractivity contribution in [1.29, 1.82) is 0 Å². The number of thiophene rings is 1. The fourth-order valence-corrected chi connectivity index (χ4v) is 4.50. The number of carbonyl (C=O) groups excluding carboxylic acids is 1. The average Bonchev–Trinajstić information content (AvgIpc) is 3.29. The summed E-state index contributed by atoms with van der Waals surface area (Å²) >= 11 is 1.70. The van der Waals surface area contributed by atoms with Crippen LogP contribution in [-0.2, 0) is 4.79 Å². The maximum absolute atomic E-state index is 12.7. The Morgan fingerprint density at radius 3 is 2.45 bits per heavy atom. The van der Waals surface area contributed by atoms with E-state index in [0.717, 1.165) is 11.1 Å². The van der Waals surface area contributed by atoms with Gasteiger partial charge in [0.1, 0.15) is 0 Å². The molecule has 146 valence electrons. The molecule has 0 aliphatic heterocycles. The molecule has 0 unspecified atom stereocenters. The molecule has 4 aromatic rings. The van der Waals surface area contributed by atoms with Gasteiger partial charge in [-0.15, -0.1) is 11.3 Å². The van der Waals surface area contributed by atoms with E-state index in [2.05, 4.69) is 58.5 Å². The quantitative estimate of drug-likeness (QED) is 0.433. The first-order chi connectivity index (χ1) is 14.2. The van der Waals surface area contributed by atoms with Crippen LogP contribution in [0.15, 0.2) is 90.3 Å². The number of hydrogen-bond acceptors (Lipinski definition) is 3. The Kier molecular flexibility index (Phi) is 6.03. The van der Waals surface area contributed by atoms with Gasteiger partial charge in [-0.05, 0) is 40.3 Å². The molecular formula is C25H24N2OS. The van der Waals surface area contributed by atoms with Crippen LogP contribution in [-0.4, -0.2) is 12.5 Å². The van der Waals surface area contributed by atoms with Crippen molar-refractivity contribution in [3.05, 3.63) is 106 Å². The van der Waals surface area contributed by atoms with Crippen LogP contribution in [0, 0.1) is 0 Å². The van der Waals surface area contributed by atoms with E-state index in [0.29, 0.717) is 0 Å². The lowest BCUT2D eigenvalue weighted by Gasteiger charge is -2.20. The van der Waals surface area contributed by atoms with E-state index in [1.807, 2.05) is 49.4 Å². The topological polar surface area (TPSA) is 41.1 Å². The Morgan fingerprint density at radius 1 is 0.897 bits per heavy atom. The molecule has 0 aliphatic rings. The maximum atomic E-state index is 12.7. The largest absolute Gasteiger partial charge is 0.348 e. The Morgan fingerprint density at radius 2 is 1.66 bits per heavy atom. The van der Waals surface area contributed by atoms with Crippen LogP contribution in [0.25, 0.3) is 10.8 Å². The summed E-state index contributed by atoms with van der Waals surface area (Å²) in [5, 5.41) is 11.0. The summed E-state index contributed by atoms with van der Waals surface area (Å²) < 4.78 is 0. The molecule has 2 N–H and O–H groups in total. The van der Waals surface area contributed by atoms with Gasteiger partial charge in [0.2, 0.25) is 5.91 Å². The SMILES string of the molecule is C[C@@H](NC(=O)CN[C@H](c1ccccc1)c1cccs1)c1cccc2ccccc12. The van der Waals surface area contributed by atoms with Gasteiger partial charge in [0.05, 0.1) is 18.6 Å². The highest BCUT2D eigenvalue weighted by Crippen LogP contribution is 2.26. The summed E-state index contributed by atoms with van der Waals surface area (Å²) in [5.41, 5.74) is 2.29. The lowest BCUT2D eigenvalue weighted by molar-refractivity contribution is -0.120. The maximum Gasteiger partial charge on any atom is 0.234 e. The number of hydrogen-bond donors (Lipinski definition) is 2. The van der Waals surface area contributed by atoms with Crippen molar-refractivity contribution in [1.82, 2.24) is 10.6 Å². The van der Waals surface area contributed by atoms with Gasteiger partial charge in [0.25, 0.3) is 0 Å². The molecule has 0 radical (unpaired) electrons. The van der Waals surface area contributed by atoms with Gasteiger partial charge < -0.3 is 5.32 Å². The second kappa shape index (κ2) is 9.03. The molecule has 4 heteroatoms. The molecule has 0 saturated heterocycles. The van der Waals surface area contributed by atoms with Gasteiger partial charge in [-0.1, -0.05) is 78.9 Å². The molecule has 29 heavy (non-hydrogen) atoms. The summed E-state index contributed by atoms with van der Waals surface area (Å²) in [6.45, 7) is 2.29. The van der Waals surface area contributed by atoms with Gasteiger partial charge in [-0.25, -0.2) is 0 Å². The van der Waals surface area contributed by atoms with Crippen molar-refractivity contribution in [3.63, 3.8) is 0 Å². The molecule has 0 spiro atoms. The summed E-state index contributed by atoms with van der Waals surface area (Å²) in [5.74, 6) is -0.0112. The minimum atomic E-state index is -0.0627. The van der Waals surface area contributed by atoms with Crippen LogP contribution in [0.1, 0.15) is 35.0 Å². The molecule has 0 fully saturated rings. The number of fused-ring (bicyclic) bond motifs is 1. The van der Waals surface area contributed by atoms with Crippen molar-refractivity contribution in [2.45, 2.75) is 19.0 Å². The summed E-state index contributed by atoms with van der Waals surface area (Å²) in [4.78, 5) is 13.9. The number of rotatable bonds is 7. The van der Waals surface area contributed by atoms with E-state index in [-0.39, 0.29) is 24.5 Å². The molecule has 1 amide bonds. The highest BCUT2D eigenvalue weighted by molar-refractivity contribution is 7.10. The van der Waals surface area contributed by atoms with Crippen molar-refractivity contribution in [2.24, 2.45) is 0 Å². The van der Waals surface area contributed by atoms with Crippen LogP contribution in [0.2, 0.25) is 0 Å². The van der Waals surface area contributed by atoms with Crippen LogP contribution in [0.3, 0.4) is 0 Å².